The minimum absolute atomic E-state index is 0.204. The van der Waals surface area contributed by atoms with Crippen molar-refractivity contribution >= 4 is 17.4 Å². The van der Waals surface area contributed by atoms with Gasteiger partial charge in [0.25, 0.3) is 0 Å². The van der Waals surface area contributed by atoms with E-state index in [4.69, 9.17) is 16.3 Å². The second kappa shape index (κ2) is 6.87. The fraction of sp³-hybridized carbons (Fsp3) is 0.389. The van der Waals surface area contributed by atoms with E-state index in [1.165, 1.54) is 4.90 Å². The lowest BCUT2D eigenvalue weighted by atomic mass is 10.1. The van der Waals surface area contributed by atoms with Crippen LogP contribution in [-0.2, 0) is 4.74 Å². The largest absolute Gasteiger partial charge is 0.370 e. The number of hydrogen-bond donors (Lipinski definition) is 1. The summed E-state index contributed by atoms with van der Waals surface area (Å²) in [7, 11) is 0. The van der Waals surface area contributed by atoms with Crippen molar-refractivity contribution in [1.82, 2.24) is 4.57 Å². The minimum atomic E-state index is 0.204. The fourth-order valence-electron chi connectivity index (χ4n) is 3.19. The molecule has 0 atom stereocenters. The number of nitrogens with one attached hydrogen (secondary N) is 1. The number of hydrogen-bond acceptors (Lipinski definition) is 2. The lowest BCUT2D eigenvalue weighted by Gasteiger charge is -2.22. The van der Waals surface area contributed by atoms with Crippen LogP contribution in [0.25, 0.3) is 5.69 Å². The van der Waals surface area contributed by atoms with Gasteiger partial charge in [0, 0.05) is 27.7 Å². The molecule has 1 aromatic heterocycles. The van der Waals surface area contributed by atoms with Crippen molar-refractivity contribution in [1.29, 1.82) is 0 Å². The van der Waals surface area contributed by atoms with E-state index in [9.17, 15) is 4.79 Å². The molecule has 4 nitrogen and oxygen atoms in total. The predicted octanol–water partition coefficient (Wildman–Crippen LogP) is 1.85. The number of halogens is 1. The monoisotopic (exact) mass is 333 g/mol. The number of nitrogens with zero attached hydrogens (tertiary/aromatic N) is 1. The van der Waals surface area contributed by atoms with Gasteiger partial charge in [0.05, 0.1) is 13.2 Å². The molecule has 0 bridgehead atoms. The molecule has 0 radical (unpaired) electrons. The summed E-state index contributed by atoms with van der Waals surface area (Å²) >= 11 is 5.97. The Morgan fingerprint density at radius 3 is 2.52 bits per heavy atom. The van der Waals surface area contributed by atoms with Crippen LogP contribution in [0, 0.1) is 13.8 Å². The van der Waals surface area contributed by atoms with Gasteiger partial charge in [-0.3, -0.25) is 4.79 Å². The van der Waals surface area contributed by atoms with Gasteiger partial charge in [0.15, 0.2) is 0 Å². The van der Waals surface area contributed by atoms with E-state index in [1.807, 2.05) is 44.2 Å². The standard InChI is InChI=1S/C18H21ClN2O2/c1-13-11-17(18(22)12-20-7-9-23-10-8-20)14(2)21(13)16-5-3-15(19)4-6-16/h3-6,11H,7-10,12H2,1-2H3/p+1. The molecule has 3 rings (SSSR count). The predicted molar refractivity (Wildman–Crippen MR) is 91.0 cm³/mol. The van der Waals surface area contributed by atoms with E-state index < -0.39 is 0 Å². The van der Waals surface area contributed by atoms with Crippen LogP contribution in [0.5, 0.6) is 0 Å². The van der Waals surface area contributed by atoms with Gasteiger partial charge < -0.3 is 14.2 Å². The first kappa shape index (κ1) is 16.2. The molecule has 23 heavy (non-hydrogen) atoms. The van der Waals surface area contributed by atoms with Gasteiger partial charge >= 0.3 is 0 Å². The number of morpholine rings is 1. The molecule has 1 N–H and O–H groups in total. The highest BCUT2D eigenvalue weighted by molar-refractivity contribution is 6.30. The summed E-state index contributed by atoms with van der Waals surface area (Å²) in [4.78, 5) is 14.0. The number of carbonyl (C=O) groups excluding carboxylic acids is 1. The van der Waals surface area contributed by atoms with Crippen LogP contribution in [0.1, 0.15) is 21.7 Å². The van der Waals surface area contributed by atoms with Gasteiger partial charge in [-0.1, -0.05) is 11.6 Å². The number of rotatable bonds is 4. The molecule has 0 amide bonds. The zero-order chi connectivity index (χ0) is 16.4. The molecule has 1 saturated heterocycles. The molecule has 122 valence electrons. The molecular weight excluding hydrogens is 312 g/mol. The third-order valence-corrected chi connectivity index (χ3v) is 4.68. The lowest BCUT2D eigenvalue weighted by molar-refractivity contribution is -0.899. The maximum Gasteiger partial charge on any atom is 0.218 e. The summed E-state index contributed by atoms with van der Waals surface area (Å²) in [5.74, 6) is 0.204. The zero-order valence-electron chi connectivity index (χ0n) is 13.6. The van der Waals surface area contributed by atoms with Crippen molar-refractivity contribution in [3.05, 3.63) is 52.3 Å². The molecule has 5 heteroatoms. The summed E-state index contributed by atoms with van der Waals surface area (Å²) in [6.45, 7) is 7.86. The van der Waals surface area contributed by atoms with Crippen molar-refractivity contribution in [2.24, 2.45) is 0 Å². The highest BCUT2D eigenvalue weighted by atomic mass is 35.5. The number of Topliss-reactive ketones (excluding diaryl/α,β-unsaturated/α-hetero) is 1. The molecule has 1 aromatic carbocycles. The van der Waals surface area contributed by atoms with Crippen molar-refractivity contribution in [3.63, 3.8) is 0 Å². The maximum absolute atomic E-state index is 12.7. The smallest absolute Gasteiger partial charge is 0.218 e. The van der Waals surface area contributed by atoms with E-state index in [1.54, 1.807) is 0 Å². The third-order valence-electron chi connectivity index (χ3n) is 4.43. The van der Waals surface area contributed by atoms with E-state index in [0.717, 1.165) is 48.9 Å². The van der Waals surface area contributed by atoms with E-state index in [0.29, 0.717) is 11.6 Å². The van der Waals surface area contributed by atoms with Crippen LogP contribution in [0.2, 0.25) is 5.02 Å². The molecule has 0 saturated carbocycles. The van der Waals surface area contributed by atoms with Crippen LogP contribution < -0.4 is 4.90 Å². The number of aromatic nitrogens is 1. The number of ether oxygens (including phenoxy) is 1. The summed E-state index contributed by atoms with van der Waals surface area (Å²) in [5, 5.41) is 0.712. The molecule has 2 heterocycles. The van der Waals surface area contributed by atoms with Gasteiger partial charge in [-0.25, -0.2) is 0 Å². The van der Waals surface area contributed by atoms with Gasteiger partial charge in [-0.2, -0.15) is 0 Å². The van der Waals surface area contributed by atoms with Crippen LogP contribution >= 0.6 is 11.6 Å². The Balaban J connectivity index is 1.85. The van der Waals surface area contributed by atoms with Crippen LogP contribution in [0.4, 0.5) is 0 Å². The van der Waals surface area contributed by atoms with Crippen molar-refractivity contribution in [2.45, 2.75) is 13.8 Å². The SMILES string of the molecule is Cc1cc(C(=O)C[NH+]2CCOCC2)c(C)n1-c1ccc(Cl)cc1. The Bertz CT molecular complexity index is 701. The number of benzene rings is 1. The Morgan fingerprint density at radius 1 is 1.22 bits per heavy atom. The summed E-state index contributed by atoms with van der Waals surface area (Å²) in [6, 6.07) is 9.68. The van der Waals surface area contributed by atoms with Gasteiger partial charge in [-0.05, 0) is 44.2 Å². The minimum Gasteiger partial charge on any atom is -0.370 e. The molecular formula is C18H22ClN2O2+. The normalized spacial score (nSPS) is 15.8. The third kappa shape index (κ3) is 3.50. The molecule has 0 unspecified atom stereocenters. The van der Waals surface area contributed by atoms with Gasteiger partial charge in [0.2, 0.25) is 5.78 Å². The first-order valence-electron chi connectivity index (χ1n) is 7.95. The molecule has 1 aliphatic heterocycles. The second-order valence-corrected chi connectivity index (χ2v) is 6.50. The average molecular weight is 334 g/mol. The number of carbonyl (C=O) groups is 1. The highest BCUT2D eigenvalue weighted by Crippen LogP contribution is 2.22. The Labute approximate surface area is 141 Å². The van der Waals surface area contributed by atoms with E-state index >= 15 is 0 Å². The van der Waals surface area contributed by atoms with Crippen LogP contribution in [0.3, 0.4) is 0 Å². The second-order valence-electron chi connectivity index (χ2n) is 6.06. The van der Waals surface area contributed by atoms with Crippen molar-refractivity contribution < 1.29 is 14.4 Å². The van der Waals surface area contributed by atoms with Crippen molar-refractivity contribution in [2.75, 3.05) is 32.8 Å². The Hall–Kier alpha value is -1.62. The zero-order valence-corrected chi connectivity index (χ0v) is 14.3. The summed E-state index contributed by atoms with van der Waals surface area (Å²) in [5.41, 5.74) is 3.89. The summed E-state index contributed by atoms with van der Waals surface area (Å²) in [6.07, 6.45) is 0. The Morgan fingerprint density at radius 2 is 1.87 bits per heavy atom. The average Bonchev–Trinajstić information content (AvgIpc) is 2.84. The van der Waals surface area contributed by atoms with Gasteiger partial charge in [0.1, 0.15) is 19.6 Å². The fourth-order valence-corrected chi connectivity index (χ4v) is 3.32. The molecule has 2 aromatic rings. The molecule has 1 fully saturated rings. The summed E-state index contributed by atoms with van der Waals surface area (Å²) < 4.78 is 7.46. The lowest BCUT2D eigenvalue weighted by Crippen LogP contribution is -3.14. The number of aryl methyl sites for hydroxylation is 1. The topological polar surface area (TPSA) is 35.7 Å². The van der Waals surface area contributed by atoms with E-state index in [2.05, 4.69) is 4.57 Å². The molecule has 0 spiro atoms. The number of quaternary nitrogens is 1. The molecule has 1 aliphatic rings. The van der Waals surface area contributed by atoms with E-state index in [-0.39, 0.29) is 5.78 Å². The highest BCUT2D eigenvalue weighted by Gasteiger charge is 2.22. The first-order valence-corrected chi connectivity index (χ1v) is 8.33. The molecule has 0 aliphatic carbocycles. The van der Waals surface area contributed by atoms with Crippen LogP contribution in [-0.4, -0.2) is 43.2 Å². The maximum atomic E-state index is 12.7. The van der Waals surface area contributed by atoms with Crippen molar-refractivity contribution in [3.8, 4) is 5.69 Å². The first-order chi connectivity index (χ1) is 11.1. The van der Waals surface area contributed by atoms with Gasteiger partial charge in [-0.15, -0.1) is 0 Å². The quantitative estimate of drug-likeness (QED) is 0.867. The number of ketones is 1. The Kier molecular flexibility index (Phi) is 4.85. The van der Waals surface area contributed by atoms with Crippen LogP contribution in [0.15, 0.2) is 30.3 Å².